The molecule has 0 amide bonds. The number of benzene rings is 1. The zero-order valence-electron chi connectivity index (χ0n) is 9.24. The molecule has 2 rings (SSSR count). The Balaban J connectivity index is 2.33. The molecule has 0 radical (unpaired) electrons. The number of aromatic nitrogens is 1. The largest absolute Gasteiger partial charge is 0.330 e. The first-order valence-electron chi connectivity index (χ1n) is 5.33. The van der Waals surface area contributed by atoms with Gasteiger partial charge in [-0.15, -0.1) is 0 Å². The van der Waals surface area contributed by atoms with Crippen LogP contribution in [-0.2, 0) is 6.42 Å². The van der Waals surface area contributed by atoms with E-state index in [0.717, 1.165) is 17.8 Å². The summed E-state index contributed by atoms with van der Waals surface area (Å²) in [5.41, 5.74) is 7.63. The summed E-state index contributed by atoms with van der Waals surface area (Å²) in [5, 5.41) is 10.6. The van der Waals surface area contributed by atoms with E-state index in [9.17, 15) is 10.1 Å². The van der Waals surface area contributed by atoms with E-state index < -0.39 is 4.92 Å². The number of nitro groups is 1. The summed E-state index contributed by atoms with van der Waals surface area (Å²) in [5.74, 6) is 0. The predicted molar refractivity (Wildman–Crippen MR) is 65.2 cm³/mol. The molecular formula is C12H13N3O2. The van der Waals surface area contributed by atoms with Gasteiger partial charge in [-0.25, -0.2) is 0 Å². The van der Waals surface area contributed by atoms with Gasteiger partial charge in [0.25, 0.3) is 5.69 Å². The van der Waals surface area contributed by atoms with Crippen LogP contribution < -0.4 is 5.73 Å². The number of non-ortho nitro benzene ring substituents is 1. The van der Waals surface area contributed by atoms with E-state index in [2.05, 4.69) is 0 Å². The van der Waals surface area contributed by atoms with Crippen LogP contribution in [0, 0.1) is 10.1 Å². The van der Waals surface area contributed by atoms with E-state index >= 15 is 0 Å². The summed E-state index contributed by atoms with van der Waals surface area (Å²) in [6, 6.07) is 10.4. The molecule has 5 heteroatoms. The molecule has 88 valence electrons. The van der Waals surface area contributed by atoms with Crippen molar-refractivity contribution >= 4 is 5.69 Å². The molecule has 2 N–H and O–H groups in total. The van der Waals surface area contributed by atoms with Crippen LogP contribution in [0.4, 0.5) is 5.69 Å². The summed E-state index contributed by atoms with van der Waals surface area (Å²) >= 11 is 0. The van der Waals surface area contributed by atoms with Crippen LogP contribution in [-0.4, -0.2) is 16.0 Å². The Morgan fingerprint density at radius 1 is 1.24 bits per heavy atom. The number of hydrogen-bond donors (Lipinski definition) is 1. The molecule has 5 nitrogen and oxygen atoms in total. The zero-order chi connectivity index (χ0) is 12.3. The van der Waals surface area contributed by atoms with Crippen molar-refractivity contribution < 1.29 is 4.92 Å². The topological polar surface area (TPSA) is 74.1 Å². The SMILES string of the molecule is NCCc1cccn1-c1ccc([N+](=O)[O-])cc1. The molecule has 0 aliphatic heterocycles. The molecule has 0 fully saturated rings. The van der Waals surface area contributed by atoms with E-state index in [1.165, 1.54) is 12.1 Å². The number of nitrogens with zero attached hydrogens (tertiary/aromatic N) is 2. The molecule has 0 unspecified atom stereocenters. The van der Waals surface area contributed by atoms with Gasteiger partial charge in [0.1, 0.15) is 0 Å². The lowest BCUT2D eigenvalue weighted by atomic mass is 10.2. The Morgan fingerprint density at radius 3 is 2.53 bits per heavy atom. The van der Waals surface area contributed by atoms with Gasteiger partial charge in [-0.05, 0) is 30.8 Å². The van der Waals surface area contributed by atoms with Gasteiger partial charge in [0, 0.05) is 36.1 Å². The van der Waals surface area contributed by atoms with Gasteiger partial charge in [-0.1, -0.05) is 0 Å². The Labute approximate surface area is 98.6 Å². The van der Waals surface area contributed by atoms with Crippen LogP contribution in [0.25, 0.3) is 5.69 Å². The second-order valence-corrected chi connectivity index (χ2v) is 3.68. The molecule has 0 bridgehead atoms. The van der Waals surface area contributed by atoms with Gasteiger partial charge in [-0.2, -0.15) is 0 Å². The first-order chi connectivity index (χ1) is 8.22. The minimum absolute atomic E-state index is 0.0984. The lowest BCUT2D eigenvalue weighted by Gasteiger charge is -2.08. The molecule has 1 heterocycles. The number of nitrogens with two attached hydrogens (primary N) is 1. The van der Waals surface area contributed by atoms with Crippen molar-refractivity contribution in [1.29, 1.82) is 0 Å². The maximum Gasteiger partial charge on any atom is 0.269 e. The molecule has 0 atom stereocenters. The molecule has 17 heavy (non-hydrogen) atoms. The van der Waals surface area contributed by atoms with Crippen molar-refractivity contribution in [3.8, 4) is 5.69 Å². The van der Waals surface area contributed by atoms with Crippen molar-refractivity contribution in [1.82, 2.24) is 4.57 Å². The number of rotatable bonds is 4. The van der Waals surface area contributed by atoms with Crippen LogP contribution in [0.5, 0.6) is 0 Å². The molecule has 1 aromatic heterocycles. The number of hydrogen-bond acceptors (Lipinski definition) is 3. The lowest BCUT2D eigenvalue weighted by molar-refractivity contribution is -0.384. The van der Waals surface area contributed by atoms with E-state index in [4.69, 9.17) is 5.73 Å². The standard InChI is InChI=1S/C12H13N3O2/c13-8-7-10-2-1-9-14(10)11-3-5-12(6-4-11)15(16)17/h1-6,9H,7-8,13H2. The average Bonchev–Trinajstić information content (AvgIpc) is 2.78. The second-order valence-electron chi connectivity index (χ2n) is 3.68. The van der Waals surface area contributed by atoms with Gasteiger partial charge in [0.2, 0.25) is 0 Å². The van der Waals surface area contributed by atoms with Crippen LogP contribution in [0.1, 0.15) is 5.69 Å². The predicted octanol–water partition coefficient (Wildman–Crippen LogP) is 1.89. The van der Waals surface area contributed by atoms with E-state index in [1.54, 1.807) is 12.1 Å². The Hall–Kier alpha value is -2.14. The molecule has 0 aliphatic carbocycles. The fourth-order valence-electron chi connectivity index (χ4n) is 1.75. The highest BCUT2D eigenvalue weighted by Gasteiger charge is 2.06. The van der Waals surface area contributed by atoms with Crippen molar-refractivity contribution in [3.05, 3.63) is 58.4 Å². The average molecular weight is 231 g/mol. The third-order valence-electron chi connectivity index (χ3n) is 2.57. The van der Waals surface area contributed by atoms with Crippen molar-refractivity contribution in [2.45, 2.75) is 6.42 Å². The second kappa shape index (κ2) is 4.80. The molecule has 0 spiro atoms. The first-order valence-corrected chi connectivity index (χ1v) is 5.33. The van der Waals surface area contributed by atoms with E-state index in [0.29, 0.717) is 6.54 Å². The highest BCUT2D eigenvalue weighted by molar-refractivity contribution is 5.42. The molecule has 0 saturated heterocycles. The molecule has 0 aliphatic rings. The number of nitro benzene ring substituents is 1. The van der Waals surface area contributed by atoms with Gasteiger partial charge in [0.05, 0.1) is 4.92 Å². The quantitative estimate of drug-likeness (QED) is 0.645. The fourth-order valence-corrected chi connectivity index (χ4v) is 1.75. The normalized spacial score (nSPS) is 10.4. The molecule has 2 aromatic rings. The lowest BCUT2D eigenvalue weighted by Crippen LogP contribution is -2.07. The van der Waals surface area contributed by atoms with Gasteiger partial charge >= 0.3 is 0 Å². The Kier molecular flexibility index (Phi) is 3.20. The molecule has 1 aromatic carbocycles. The fraction of sp³-hybridized carbons (Fsp3) is 0.167. The third kappa shape index (κ3) is 2.34. The molecule has 0 saturated carbocycles. The van der Waals surface area contributed by atoms with Crippen LogP contribution >= 0.6 is 0 Å². The minimum Gasteiger partial charge on any atom is -0.330 e. The summed E-state index contributed by atoms with van der Waals surface area (Å²) in [7, 11) is 0. The Bertz CT molecular complexity index is 517. The van der Waals surface area contributed by atoms with E-state index in [1.807, 2.05) is 22.9 Å². The highest BCUT2D eigenvalue weighted by atomic mass is 16.6. The van der Waals surface area contributed by atoms with Crippen LogP contribution in [0.15, 0.2) is 42.6 Å². The molecular weight excluding hydrogens is 218 g/mol. The van der Waals surface area contributed by atoms with Gasteiger partial charge in [0.15, 0.2) is 0 Å². The van der Waals surface area contributed by atoms with Crippen molar-refractivity contribution in [2.24, 2.45) is 5.73 Å². The Morgan fingerprint density at radius 2 is 1.94 bits per heavy atom. The smallest absolute Gasteiger partial charge is 0.269 e. The monoisotopic (exact) mass is 231 g/mol. The van der Waals surface area contributed by atoms with Crippen molar-refractivity contribution in [3.63, 3.8) is 0 Å². The summed E-state index contributed by atoms with van der Waals surface area (Å²) in [6.45, 7) is 0.580. The van der Waals surface area contributed by atoms with Crippen molar-refractivity contribution in [2.75, 3.05) is 6.54 Å². The highest BCUT2D eigenvalue weighted by Crippen LogP contribution is 2.17. The van der Waals surface area contributed by atoms with Gasteiger partial charge in [-0.3, -0.25) is 10.1 Å². The maximum atomic E-state index is 10.6. The first kappa shape index (κ1) is 11.3. The van der Waals surface area contributed by atoms with Gasteiger partial charge < -0.3 is 10.3 Å². The third-order valence-corrected chi connectivity index (χ3v) is 2.57. The zero-order valence-corrected chi connectivity index (χ0v) is 9.24. The summed E-state index contributed by atoms with van der Waals surface area (Å²) < 4.78 is 1.98. The van der Waals surface area contributed by atoms with Crippen LogP contribution in [0.3, 0.4) is 0 Å². The summed E-state index contributed by atoms with van der Waals surface area (Å²) in [6.07, 6.45) is 2.70. The minimum atomic E-state index is -0.403. The van der Waals surface area contributed by atoms with Crippen LogP contribution in [0.2, 0.25) is 0 Å². The summed E-state index contributed by atoms with van der Waals surface area (Å²) in [4.78, 5) is 10.1. The van der Waals surface area contributed by atoms with E-state index in [-0.39, 0.29) is 5.69 Å². The maximum absolute atomic E-state index is 10.6.